The van der Waals surface area contributed by atoms with Crippen molar-refractivity contribution in [3.05, 3.63) is 24.3 Å². The Kier molecular flexibility index (Phi) is 4.43. The topological polar surface area (TPSA) is 55.1 Å². The molecule has 4 heteroatoms. The van der Waals surface area contributed by atoms with Gasteiger partial charge in [-0.1, -0.05) is 12.5 Å². The van der Waals surface area contributed by atoms with Gasteiger partial charge >= 0.3 is 0 Å². The molecule has 0 aliphatic heterocycles. The Morgan fingerprint density at radius 1 is 1.43 bits per heavy atom. The average Bonchev–Trinajstić information content (AvgIpc) is 3.08. The molecule has 2 fully saturated rings. The normalized spacial score (nSPS) is 28.5. The summed E-state index contributed by atoms with van der Waals surface area (Å²) in [6.45, 7) is 2.18. The van der Waals surface area contributed by atoms with E-state index < -0.39 is 0 Å². The van der Waals surface area contributed by atoms with Crippen molar-refractivity contribution >= 4 is 23.4 Å². The number of rotatable bonds is 5. The van der Waals surface area contributed by atoms with Crippen LogP contribution in [0.25, 0.3) is 0 Å². The zero-order valence-corrected chi connectivity index (χ0v) is 13.4. The van der Waals surface area contributed by atoms with Crippen molar-refractivity contribution in [1.82, 2.24) is 5.32 Å². The lowest BCUT2D eigenvalue weighted by Crippen LogP contribution is -2.40. The van der Waals surface area contributed by atoms with E-state index in [0.717, 1.165) is 22.4 Å². The second kappa shape index (κ2) is 6.30. The van der Waals surface area contributed by atoms with Gasteiger partial charge in [0.25, 0.3) is 0 Å². The van der Waals surface area contributed by atoms with Crippen molar-refractivity contribution in [3.8, 4) is 0 Å². The van der Waals surface area contributed by atoms with Crippen LogP contribution in [0.15, 0.2) is 29.2 Å². The van der Waals surface area contributed by atoms with Crippen LogP contribution in [0, 0.1) is 17.8 Å². The maximum absolute atomic E-state index is 12.1. The first-order valence-corrected chi connectivity index (χ1v) is 8.88. The number of hydrogen-bond acceptors (Lipinski definition) is 3. The summed E-state index contributed by atoms with van der Waals surface area (Å²) in [5.41, 5.74) is 6.50. The standard InChI is InChI=1S/C17H24N2OS/c1-11(16-8-12-5-6-13(16)7-12)19-17(20)10-21-15-4-2-3-14(18)9-15/h2-4,9,11-13,16H,5-8,10,18H2,1H3,(H,19,20). The van der Waals surface area contributed by atoms with E-state index in [4.69, 9.17) is 5.73 Å². The molecule has 0 spiro atoms. The molecule has 4 atom stereocenters. The molecule has 3 rings (SSSR count). The Morgan fingerprint density at radius 2 is 2.29 bits per heavy atom. The summed E-state index contributed by atoms with van der Waals surface area (Å²) >= 11 is 1.55. The van der Waals surface area contributed by atoms with E-state index in [9.17, 15) is 4.79 Å². The summed E-state index contributed by atoms with van der Waals surface area (Å²) in [6, 6.07) is 8.01. The molecule has 21 heavy (non-hydrogen) atoms. The van der Waals surface area contributed by atoms with Crippen LogP contribution in [0.2, 0.25) is 0 Å². The highest BCUT2D eigenvalue weighted by Crippen LogP contribution is 2.49. The van der Waals surface area contributed by atoms with Gasteiger partial charge in [0.05, 0.1) is 5.75 Å². The van der Waals surface area contributed by atoms with Crippen molar-refractivity contribution in [3.63, 3.8) is 0 Å². The lowest BCUT2D eigenvalue weighted by Gasteiger charge is -2.28. The second-order valence-electron chi connectivity index (χ2n) is 6.56. The number of anilines is 1. The molecule has 1 amide bonds. The lowest BCUT2D eigenvalue weighted by molar-refractivity contribution is -0.119. The summed E-state index contributed by atoms with van der Waals surface area (Å²) < 4.78 is 0. The highest BCUT2D eigenvalue weighted by atomic mass is 32.2. The van der Waals surface area contributed by atoms with Crippen LogP contribution in [0.1, 0.15) is 32.6 Å². The molecule has 0 radical (unpaired) electrons. The summed E-state index contributed by atoms with van der Waals surface area (Å²) in [5.74, 6) is 3.09. The van der Waals surface area contributed by atoms with Crippen LogP contribution < -0.4 is 11.1 Å². The number of fused-ring (bicyclic) bond motifs is 2. The lowest BCUT2D eigenvalue weighted by atomic mass is 9.84. The molecule has 4 unspecified atom stereocenters. The molecule has 2 saturated carbocycles. The predicted octanol–water partition coefficient (Wildman–Crippen LogP) is 3.30. The van der Waals surface area contributed by atoms with Gasteiger partial charge in [0, 0.05) is 16.6 Å². The Hall–Kier alpha value is -1.16. The maximum Gasteiger partial charge on any atom is 0.230 e. The first-order valence-electron chi connectivity index (χ1n) is 7.89. The molecule has 114 valence electrons. The van der Waals surface area contributed by atoms with E-state index in [0.29, 0.717) is 17.7 Å². The number of nitrogens with one attached hydrogen (secondary N) is 1. The predicted molar refractivity (Wildman–Crippen MR) is 88.1 cm³/mol. The van der Waals surface area contributed by atoms with E-state index in [1.807, 2.05) is 24.3 Å². The van der Waals surface area contributed by atoms with Gasteiger partial charge in [-0.25, -0.2) is 0 Å². The molecule has 0 heterocycles. The first kappa shape index (κ1) is 14.8. The number of hydrogen-bond donors (Lipinski definition) is 2. The van der Waals surface area contributed by atoms with E-state index in [-0.39, 0.29) is 5.91 Å². The molecule has 2 aliphatic rings. The fourth-order valence-corrected chi connectivity index (χ4v) is 4.84. The van der Waals surface area contributed by atoms with Crippen molar-refractivity contribution in [2.45, 2.75) is 43.5 Å². The van der Waals surface area contributed by atoms with Crippen LogP contribution in [0.5, 0.6) is 0 Å². The molecule has 1 aromatic carbocycles. The average molecular weight is 304 g/mol. The van der Waals surface area contributed by atoms with Gasteiger partial charge in [-0.2, -0.15) is 0 Å². The largest absolute Gasteiger partial charge is 0.399 e. The van der Waals surface area contributed by atoms with E-state index in [2.05, 4.69) is 12.2 Å². The Morgan fingerprint density at radius 3 is 2.95 bits per heavy atom. The summed E-state index contributed by atoms with van der Waals surface area (Å²) in [4.78, 5) is 13.2. The van der Waals surface area contributed by atoms with E-state index in [1.165, 1.54) is 25.7 Å². The van der Waals surface area contributed by atoms with Crippen molar-refractivity contribution in [2.75, 3.05) is 11.5 Å². The zero-order chi connectivity index (χ0) is 14.8. The van der Waals surface area contributed by atoms with E-state index in [1.54, 1.807) is 11.8 Å². The molecule has 3 nitrogen and oxygen atoms in total. The Balaban J connectivity index is 1.46. The van der Waals surface area contributed by atoms with Gasteiger partial charge < -0.3 is 11.1 Å². The molecule has 2 aliphatic carbocycles. The van der Waals surface area contributed by atoms with Gasteiger partial charge in [-0.15, -0.1) is 11.8 Å². The van der Waals surface area contributed by atoms with Crippen molar-refractivity contribution in [1.29, 1.82) is 0 Å². The van der Waals surface area contributed by atoms with Gasteiger partial charge in [-0.3, -0.25) is 4.79 Å². The fourth-order valence-electron chi connectivity index (χ4n) is 4.06. The number of nitrogen functional groups attached to an aromatic ring is 1. The van der Waals surface area contributed by atoms with Gasteiger partial charge in [0.15, 0.2) is 0 Å². The zero-order valence-electron chi connectivity index (χ0n) is 12.5. The SMILES string of the molecule is CC(NC(=O)CSc1cccc(N)c1)C1CC2CCC1C2. The molecular formula is C17H24N2OS. The minimum absolute atomic E-state index is 0.137. The molecule has 1 aromatic rings. The second-order valence-corrected chi connectivity index (χ2v) is 7.60. The number of carbonyl (C=O) groups is 1. The third kappa shape index (κ3) is 3.54. The smallest absolute Gasteiger partial charge is 0.230 e. The fraction of sp³-hybridized carbons (Fsp3) is 0.588. The number of thioether (sulfide) groups is 1. The number of amides is 1. The third-order valence-corrected chi connectivity index (χ3v) is 6.05. The minimum atomic E-state index is 0.137. The Bertz CT molecular complexity index is 519. The monoisotopic (exact) mass is 304 g/mol. The van der Waals surface area contributed by atoms with Gasteiger partial charge in [0.2, 0.25) is 5.91 Å². The van der Waals surface area contributed by atoms with Crippen molar-refractivity contribution < 1.29 is 4.79 Å². The summed E-state index contributed by atoms with van der Waals surface area (Å²) in [6.07, 6.45) is 5.48. The van der Waals surface area contributed by atoms with E-state index >= 15 is 0 Å². The summed E-state index contributed by atoms with van der Waals surface area (Å²) in [5, 5.41) is 3.20. The number of benzene rings is 1. The number of nitrogens with two attached hydrogens (primary N) is 1. The third-order valence-electron chi connectivity index (χ3n) is 5.05. The highest BCUT2D eigenvalue weighted by Gasteiger charge is 2.42. The maximum atomic E-state index is 12.1. The van der Waals surface area contributed by atoms with Gasteiger partial charge in [0.1, 0.15) is 0 Å². The molecule has 0 aromatic heterocycles. The van der Waals surface area contributed by atoms with Crippen molar-refractivity contribution in [2.24, 2.45) is 17.8 Å². The quantitative estimate of drug-likeness (QED) is 0.648. The number of carbonyl (C=O) groups excluding carboxylic acids is 1. The van der Waals surface area contributed by atoms with Crippen LogP contribution in [0.4, 0.5) is 5.69 Å². The Labute approximate surface area is 131 Å². The molecule has 3 N–H and O–H groups in total. The minimum Gasteiger partial charge on any atom is -0.399 e. The van der Waals surface area contributed by atoms with Gasteiger partial charge in [-0.05, 0) is 62.1 Å². The molecule has 2 bridgehead atoms. The summed E-state index contributed by atoms with van der Waals surface area (Å²) in [7, 11) is 0. The molecule has 0 saturated heterocycles. The van der Waals surface area contributed by atoms with Crippen LogP contribution >= 0.6 is 11.8 Å². The van der Waals surface area contributed by atoms with Crippen LogP contribution in [-0.2, 0) is 4.79 Å². The van der Waals surface area contributed by atoms with Crippen LogP contribution in [-0.4, -0.2) is 17.7 Å². The highest BCUT2D eigenvalue weighted by molar-refractivity contribution is 8.00. The molecular weight excluding hydrogens is 280 g/mol. The first-order chi connectivity index (χ1) is 10.1. The van der Waals surface area contributed by atoms with Crippen LogP contribution in [0.3, 0.4) is 0 Å².